The largest absolute Gasteiger partial charge is 0.591 e. The van der Waals surface area contributed by atoms with Crippen LogP contribution < -0.4 is 0 Å². The maximum atomic E-state index is 5.81. The summed E-state index contributed by atoms with van der Waals surface area (Å²) in [5.74, 6) is 3.27. The second-order valence-electron chi connectivity index (χ2n) is 5.41. The van der Waals surface area contributed by atoms with Crippen LogP contribution in [-0.4, -0.2) is 28.6 Å². The van der Waals surface area contributed by atoms with E-state index in [1.807, 2.05) is 20.8 Å². The molecule has 0 unspecified atom stereocenters. The zero-order valence-electron chi connectivity index (χ0n) is 14.4. The van der Waals surface area contributed by atoms with Gasteiger partial charge in [-0.2, -0.15) is 0 Å². The first-order valence-corrected chi connectivity index (χ1v) is 10.1. The van der Waals surface area contributed by atoms with Crippen molar-refractivity contribution >= 4 is 31.7 Å². The van der Waals surface area contributed by atoms with Crippen molar-refractivity contribution < 1.29 is 13.3 Å². The zero-order valence-corrected chi connectivity index (χ0v) is 15.4. The van der Waals surface area contributed by atoms with Gasteiger partial charge in [-0.1, -0.05) is 42.3 Å². The maximum Gasteiger partial charge on any atom is 0.591 e. The highest BCUT2D eigenvalue weighted by Gasteiger charge is 2.39. The van der Waals surface area contributed by atoms with E-state index in [0.29, 0.717) is 19.8 Å². The first kappa shape index (κ1) is 16.9. The average molecular weight is 338 g/mol. The van der Waals surface area contributed by atoms with Gasteiger partial charge in [-0.05, 0) is 54.3 Å². The van der Waals surface area contributed by atoms with Gasteiger partial charge >= 0.3 is 8.80 Å². The molecule has 0 radical (unpaired) electrons. The van der Waals surface area contributed by atoms with Crippen LogP contribution in [0.5, 0.6) is 0 Å². The third kappa shape index (κ3) is 3.17. The van der Waals surface area contributed by atoms with Crippen LogP contribution >= 0.6 is 0 Å². The van der Waals surface area contributed by atoms with Crippen LogP contribution in [-0.2, 0) is 13.3 Å². The quantitative estimate of drug-likeness (QED) is 0.496. The standard InChI is InChI=1S/C20H22O3Si/c1-4-21-24(22-5-2,23-6-3)15-14-16-10-11-18-13-12-17-8-7-9-19(16)20(17)18/h7-13H,4-6H2,1-3H3. The van der Waals surface area contributed by atoms with E-state index in [4.69, 9.17) is 13.3 Å². The molecule has 3 nitrogen and oxygen atoms in total. The van der Waals surface area contributed by atoms with Gasteiger partial charge in [0.1, 0.15) is 0 Å². The molecule has 2 aromatic rings. The molecule has 0 aliphatic heterocycles. The Kier molecular flexibility index (Phi) is 5.17. The minimum absolute atomic E-state index is 0.522. The molecule has 0 N–H and O–H groups in total. The smallest absolute Gasteiger partial charge is 0.364 e. The molecule has 0 saturated carbocycles. The van der Waals surface area contributed by atoms with Gasteiger partial charge in [-0.25, -0.2) is 0 Å². The Balaban J connectivity index is 2.05. The van der Waals surface area contributed by atoms with Gasteiger partial charge in [0, 0.05) is 25.4 Å². The molecule has 2 aromatic carbocycles. The molecule has 1 aliphatic carbocycles. The van der Waals surface area contributed by atoms with E-state index in [-0.39, 0.29) is 0 Å². The van der Waals surface area contributed by atoms with E-state index in [1.54, 1.807) is 0 Å². The molecule has 1 aliphatic rings. The van der Waals surface area contributed by atoms with Crippen molar-refractivity contribution in [1.29, 1.82) is 0 Å². The summed E-state index contributed by atoms with van der Waals surface area (Å²) >= 11 is 0. The van der Waals surface area contributed by atoms with E-state index < -0.39 is 8.80 Å². The summed E-state index contributed by atoms with van der Waals surface area (Å²) in [7, 11) is -2.95. The van der Waals surface area contributed by atoms with E-state index in [9.17, 15) is 0 Å². The van der Waals surface area contributed by atoms with Crippen molar-refractivity contribution in [3.63, 3.8) is 0 Å². The van der Waals surface area contributed by atoms with Crippen LogP contribution in [0.3, 0.4) is 0 Å². The Morgan fingerprint density at radius 1 is 0.833 bits per heavy atom. The topological polar surface area (TPSA) is 27.7 Å². The van der Waals surface area contributed by atoms with Crippen LogP contribution in [0.25, 0.3) is 22.9 Å². The first-order chi connectivity index (χ1) is 11.7. The van der Waals surface area contributed by atoms with Crippen molar-refractivity contribution in [3.05, 3.63) is 47.0 Å². The monoisotopic (exact) mass is 338 g/mol. The fourth-order valence-corrected chi connectivity index (χ4v) is 4.87. The average Bonchev–Trinajstić information content (AvgIpc) is 3.00. The van der Waals surface area contributed by atoms with Crippen molar-refractivity contribution in [1.82, 2.24) is 0 Å². The molecular formula is C20H22O3Si. The lowest BCUT2D eigenvalue weighted by Crippen LogP contribution is -2.45. The molecule has 4 heteroatoms. The molecule has 0 atom stereocenters. The minimum atomic E-state index is -2.95. The van der Waals surface area contributed by atoms with Gasteiger partial charge in [0.05, 0.1) is 0 Å². The Hall–Kier alpha value is -1.90. The molecule has 0 amide bonds. The minimum Gasteiger partial charge on any atom is -0.364 e. The molecule has 0 aromatic heterocycles. The van der Waals surface area contributed by atoms with E-state index in [2.05, 4.69) is 53.9 Å². The van der Waals surface area contributed by atoms with Crippen LogP contribution in [0.1, 0.15) is 37.5 Å². The number of benzene rings is 2. The highest BCUT2D eigenvalue weighted by Crippen LogP contribution is 2.32. The van der Waals surface area contributed by atoms with Gasteiger partial charge in [0.2, 0.25) is 0 Å². The third-order valence-corrected chi connectivity index (χ3v) is 6.34. The SMILES string of the molecule is CCO[Si](C#Cc1ccc2c3c(cccc13)C=C2)(OCC)OCC. The summed E-state index contributed by atoms with van der Waals surface area (Å²) in [6.45, 7) is 7.38. The van der Waals surface area contributed by atoms with Crippen LogP contribution in [0.4, 0.5) is 0 Å². The van der Waals surface area contributed by atoms with Crippen molar-refractivity contribution in [2.24, 2.45) is 0 Å². The number of hydrogen-bond acceptors (Lipinski definition) is 3. The highest BCUT2D eigenvalue weighted by molar-refractivity contribution is 6.69. The van der Waals surface area contributed by atoms with E-state index in [1.165, 1.54) is 16.5 Å². The Morgan fingerprint density at radius 2 is 1.46 bits per heavy atom. The van der Waals surface area contributed by atoms with Gasteiger partial charge in [-0.3, -0.25) is 0 Å². The summed E-state index contributed by atoms with van der Waals surface area (Å²) in [6.07, 6.45) is 4.29. The summed E-state index contributed by atoms with van der Waals surface area (Å²) in [5.41, 5.74) is 6.68. The van der Waals surface area contributed by atoms with Crippen LogP contribution in [0.2, 0.25) is 0 Å². The first-order valence-electron chi connectivity index (χ1n) is 8.42. The maximum absolute atomic E-state index is 5.81. The molecule has 24 heavy (non-hydrogen) atoms. The lowest BCUT2D eigenvalue weighted by atomic mass is 10.00. The fraction of sp³-hybridized carbons (Fsp3) is 0.300. The lowest BCUT2D eigenvalue weighted by Gasteiger charge is -2.22. The van der Waals surface area contributed by atoms with Crippen molar-refractivity contribution in [3.8, 4) is 11.5 Å². The Bertz CT molecular complexity index is 801. The molecule has 0 saturated heterocycles. The van der Waals surface area contributed by atoms with Gasteiger partial charge in [0.15, 0.2) is 0 Å². The zero-order chi connectivity index (χ0) is 17.0. The predicted molar refractivity (Wildman–Crippen MR) is 100 cm³/mol. The lowest BCUT2D eigenvalue weighted by molar-refractivity contribution is 0.0870. The van der Waals surface area contributed by atoms with Gasteiger partial charge in [0.25, 0.3) is 0 Å². The molecule has 0 spiro atoms. The molecule has 0 bridgehead atoms. The molecule has 124 valence electrons. The molecule has 0 fully saturated rings. The van der Waals surface area contributed by atoms with Gasteiger partial charge in [-0.15, -0.1) is 0 Å². The third-order valence-electron chi connectivity index (χ3n) is 3.90. The fourth-order valence-electron chi connectivity index (χ4n) is 2.98. The Labute approximate surface area is 144 Å². The van der Waals surface area contributed by atoms with Gasteiger partial charge < -0.3 is 13.3 Å². The molecule has 0 heterocycles. The molecular weight excluding hydrogens is 316 g/mol. The van der Waals surface area contributed by atoms with Crippen molar-refractivity contribution in [2.75, 3.05) is 19.8 Å². The Morgan fingerprint density at radius 3 is 2.08 bits per heavy atom. The second kappa shape index (κ2) is 7.33. The summed E-state index contributed by atoms with van der Waals surface area (Å²) < 4.78 is 17.4. The molecule has 3 rings (SSSR count). The normalized spacial score (nSPS) is 12.5. The summed E-state index contributed by atoms with van der Waals surface area (Å²) in [4.78, 5) is 0. The summed E-state index contributed by atoms with van der Waals surface area (Å²) in [6, 6.07) is 10.5. The van der Waals surface area contributed by atoms with E-state index >= 15 is 0 Å². The summed E-state index contributed by atoms with van der Waals surface area (Å²) in [5, 5.41) is 2.43. The van der Waals surface area contributed by atoms with E-state index in [0.717, 1.165) is 10.9 Å². The van der Waals surface area contributed by atoms with Crippen LogP contribution in [0.15, 0.2) is 30.3 Å². The second-order valence-corrected chi connectivity index (χ2v) is 7.64. The predicted octanol–water partition coefficient (Wildman–Crippen LogP) is 4.26. The highest BCUT2D eigenvalue weighted by atomic mass is 28.4. The van der Waals surface area contributed by atoms with Crippen molar-refractivity contribution in [2.45, 2.75) is 20.8 Å². The van der Waals surface area contributed by atoms with Crippen LogP contribution in [0, 0.1) is 11.5 Å². The number of hydrogen-bond donors (Lipinski definition) is 0. The number of rotatable bonds is 6.